The zero-order valence-corrected chi connectivity index (χ0v) is 11.9. The van der Waals surface area contributed by atoms with Gasteiger partial charge < -0.3 is 15.1 Å². The number of aromatic carboxylic acids is 1. The van der Waals surface area contributed by atoms with Gasteiger partial charge in [-0.1, -0.05) is 31.7 Å². The Morgan fingerprint density at radius 2 is 1.95 bits per heavy atom. The van der Waals surface area contributed by atoms with Crippen molar-refractivity contribution in [3.63, 3.8) is 0 Å². The number of hydrogen-bond donors (Lipinski definition) is 2. The van der Waals surface area contributed by atoms with Crippen molar-refractivity contribution in [2.24, 2.45) is 0 Å². The Kier molecular flexibility index (Phi) is 4.60. The van der Waals surface area contributed by atoms with E-state index in [1.807, 2.05) is 11.9 Å². The van der Waals surface area contributed by atoms with Gasteiger partial charge >= 0.3 is 5.97 Å². The first kappa shape index (κ1) is 14.8. The molecule has 0 unspecified atom stereocenters. The molecule has 0 saturated heterocycles. The number of anilines is 1. The van der Waals surface area contributed by atoms with E-state index in [2.05, 4.69) is 4.98 Å². The van der Waals surface area contributed by atoms with Gasteiger partial charge in [0.25, 0.3) is 0 Å². The van der Waals surface area contributed by atoms with Gasteiger partial charge in [-0.2, -0.15) is 0 Å². The van der Waals surface area contributed by atoms with Crippen molar-refractivity contribution in [1.82, 2.24) is 4.98 Å². The van der Waals surface area contributed by atoms with Crippen LogP contribution in [-0.4, -0.2) is 40.4 Å². The van der Waals surface area contributed by atoms with Crippen LogP contribution in [0.25, 0.3) is 0 Å². The molecule has 5 heteroatoms. The Balaban J connectivity index is 2.08. The number of pyridine rings is 1. The lowest BCUT2D eigenvalue weighted by molar-refractivity contribution is 0.0328. The third kappa shape index (κ3) is 3.70. The van der Waals surface area contributed by atoms with Crippen molar-refractivity contribution in [2.45, 2.75) is 44.1 Å². The molecule has 0 bridgehead atoms. The van der Waals surface area contributed by atoms with Crippen LogP contribution >= 0.6 is 0 Å². The number of carbonyl (C=O) groups is 1. The van der Waals surface area contributed by atoms with Gasteiger partial charge in [-0.3, -0.25) is 0 Å². The zero-order valence-electron chi connectivity index (χ0n) is 11.9. The van der Waals surface area contributed by atoms with Gasteiger partial charge in [-0.25, -0.2) is 9.78 Å². The molecule has 110 valence electrons. The highest BCUT2D eigenvalue weighted by molar-refractivity contribution is 5.85. The van der Waals surface area contributed by atoms with E-state index in [9.17, 15) is 9.90 Å². The number of nitrogens with zero attached hydrogens (tertiary/aromatic N) is 2. The maximum Gasteiger partial charge on any atom is 0.354 e. The lowest BCUT2D eigenvalue weighted by atomic mass is 9.94. The van der Waals surface area contributed by atoms with Crippen LogP contribution in [0.4, 0.5) is 5.82 Å². The minimum absolute atomic E-state index is 0.0298. The molecule has 2 N–H and O–H groups in total. The van der Waals surface area contributed by atoms with Crippen molar-refractivity contribution in [2.75, 3.05) is 18.5 Å². The second-order valence-corrected chi connectivity index (χ2v) is 5.68. The first-order valence-corrected chi connectivity index (χ1v) is 7.14. The summed E-state index contributed by atoms with van der Waals surface area (Å²) in [6, 6.07) is 4.92. The van der Waals surface area contributed by atoms with Gasteiger partial charge in [0.1, 0.15) is 5.82 Å². The summed E-state index contributed by atoms with van der Waals surface area (Å²) in [7, 11) is 1.84. The molecule has 0 atom stereocenters. The normalized spacial score (nSPS) is 18.3. The summed E-state index contributed by atoms with van der Waals surface area (Å²) in [5.74, 6) is -0.448. The summed E-state index contributed by atoms with van der Waals surface area (Å²) in [6.45, 7) is 0.489. The van der Waals surface area contributed by atoms with Crippen molar-refractivity contribution in [3.05, 3.63) is 23.9 Å². The average molecular weight is 278 g/mol. The van der Waals surface area contributed by atoms with Crippen LogP contribution in [0, 0.1) is 0 Å². The molecule has 0 aromatic carbocycles. The Morgan fingerprint density at radius 3 is 2.55 bits per heavy atom. The lowest BCUT2D eigenvalue weighted by Gasteiger charge is -2.32. The largest absolute Gasteiger partial charge is 0.477 e. The molecule has 0 amide bonds. The number of aromatic nitrogens is 1. The van der Waals surface area contributed by atoms with Crippen molar-refractivity contribution in [3.8, 4) is 0 Å². The van der Waals surface area contributed by atoms with Crippen LogP contribution < -0.4 is 4.90 Å². The molecule has 0 radical (unpaired) electrons. The molecule has 1 aromatic heterocycles. The van der Waals surface area contributed by atoms with Crippen LogP contribution in [0.5, 0.6) is 0 Å². The first-order valence-electron chi connectivity index (χ1n) is 7.14. The molecule has 0 aliphatic heterocycles. The number of hydrogen-bond acceptors (Lipinski definition) is 4. The standard InChI is InChI=1S/C15H22N2O3/c1-17(11-15(20)9-4-2-3-5-10-15)13-8-6-7-12(16-13)14(18)19/h6-8,20H,2-5,9-11H2,1H3,(H,18,19). The predicted octanol–water partition coefficient (Wildman–Crippen LogP) is 2.30. The van der Waals surface area contributed by atoms with E-state index in [1.165, 1.54) is 18.9 Å². The Hall–Kier alpha value is -1.62. The minimum Gasteiger partial charge on any atom is -0.477 e. The number of carboxylic acid groups (broad SMARTS) is 1. The third-order valence-corrected chi connectivity index (χ3v) is 3.91. The van der Waals surface area contributed by atoms with Crippen molar-refractivity contribution in [1.29, 1.82) is 0 Å². The molecule has 1 aliphatic carbocycles. The molecule has 0 spiro atoms. The molecule has 20 heavy (non-hydrogen) atoms. The average Bonchev–Trinajstić information content (AvgIpc) is 2.63. The summed E-state index contributed by atoms with van der Waals surface area (Å²) in [5.41, 5.74) is -0.659. The first-order chi connectivity index (χ1) is 9.50. The fraction of sp³-hybridized carbons (Fsp3) is 0.600. The highest BCUT2D eigenvalue weighted by Crippen LogP contribution is 2.28. The Labute approximate surface area is 119 Å². The minimum atomic E-state index is -1.03. The molecule has 2 rings (SSSR count). The fourth-order valence-electron chi connectivity index (χ4n) is 2.82. The highest BCUT2D eigenvalue weighted by Gasteiger charge is 2.29. The van der Waals surface area contributed by atoms with Gasteiger partial charge in [-0.15, -0.1) is 0 Å². The van der Waals surface area contributed by atoms with Gasteiger partial charge in [0.05, 0.1) is 5.60 Å². The third-order valence-electron chi connectivity index (χ3n) is 3.91. The second-order valence-electron chi connectivity index (χ2n) is 5.68. The predicted molar refractivity (Wildman–Crippen MR) is 77.1 cm³/mol. The maximum atomic E-state index is 10.9. The summed E-state index contributed by atoms with van der Waals surface area (Å²) in [4.78, 5) is 16.9. The Morgan fingerprint density at radius 1 is 1.30 bits per heavy atom. The van der Waals surface area contributed by atoms with E-state index in [0.29, 0.717) is 12.4 Å². The SMILES string of the molecule is CN(CC1(O)CCCCCC1)c1cccc(C(=O)O)n1. The van der Waals surface area contributed by atoms with Gasteiger partial charge in [0, 0.05) is 13.6 Å². The van der Waals surface area contributed by atoms with E-state index in [4.69, 9.17) is 5.11 Å². The monoisotopic (exact) mass is 278 g/mol. The van der Waals surface area contributed by atoms with E-state index < -0.39 is 11.6 Å². The van der Waals surface area contributed by atoms with Gasteiger partial charge in [-0.05, 0) is 25.0 Å². The smallest absolute Gasteiger partial charge is 0.354 e. The molecule has 1 aromatic rings. The highest BCUT2D eigenvalue weighted by atomic mass is 16.4. The van der Waals surface area contributed by atoms with E-state index in [-0.39, 0.29) is 5.69 Å². The van der Waals surface area contributed by atoms with Crippen LogP contribution in [0.1, 0.15) is 49.0 Å². The fourth-order valence-corrected chi connectivity index (χ4v) is 2.82. The number of carboxylic acids is 1. The molecule has 1 saturated carbocycles. The summed E-state index contributed by atoms with van der Waals surface area (Å²) in [5, 5.41) is 19.6. The zero-order chi connectivity index (χ0) is 14.6. The van der Waals surface area contributed by atoms with E-state index >= 15 is 0 Å². The maximum absolute atomic E-state index is 10.9. The number of aliphatic hydroxyl groups is 1. The van der Waals surface area contributed by atoms with Crippen LogP contribution in [0.3, 0.4) is 0 Å². The number of rotatable bonds is 4. The quantitative estimate of drug-likeness (QED) is 0.827. The molecule has 5 nitrogen and oxygen atoms in total. The Bertz CT molecular complexity index is 468. The summed E-state index contributed by atoms with van der Waals surface area (Å²) >= 11 is 0. The molecular formula is C15H22N2O3. The summed E-state index contributed by atoms with van der Waals surface area (Å²) < 4.78 is 0. The molecular weight excluding hydrogens is 256 g/mol. The lowest BCUT2D eigenvalue weighted by Crippen LogP contribution is -2.41. The number of likely N-dealkylation sites (N-methyl/N-ethyl adjacent to an activating group) is 1. The second kappa shape index (κ2) is 6.22. The van der Waals surface area contributed by atoms with Crippen LogP contribution in [0.2, 0.25) is 0 Å². The van der Waals surface area contributed by atoms with Crippen LogP contribution in [0.15, 0.2) is 18.2 Å². The molecule has 1 fully saturated rings. The topological polar surface area (TPSA) is 73.7 Å². The van der Waals surface area contributed by atoms with Gasteiger partial charge in [0.2, 0.25) is 0 Å². The van der Waals surface area contributed by atoms with Crippen molar-refractivity contribution >= 4 is 11.8 Å². The van der Waals surface area contributed by atoms with E-state index in [1.54, 1.807) is 12.1 Å². The van der Waals surface area contributed by atoms with Crippen molar-refractivity contribution < 1.29 is 15.0 Å². The van der Waals surface area contributed by atoms with E-state index in [0.717, 1.165) is 25.7 Å². The molecule has 1 aliphatic rings. The van der Waals surface area contributed by atoms with Gasteiger partial charge in [0.15, 0.2) is 5.69 Å². The summed E-state index contributed by atoms with van der Waals surface area (Å²) in [6.07, 6.45) is 6.06. The van der Waals surface area contributed by atoms with Crippen LogP contribution in [-0.2, 0) is 0 Å². The molecule has 1 heterocycles.